The molecular formula is C22H32N4O2. The van der Waals surface area contributed by atoms with Gasteiger partial charge >= 0.3 is 0 Å². The molecule has 1 aliphatic rings. The van der Waals surface area contributed by atoms with Crippen LogP contribution in [-0.4, -0.2) is 53.3 Å². The average molecular weight is 385 g/mol. The summed E-state index contributed by atoms with van der Waals surface area (Å²) in [4.78, 5) is 14.9. The Kier molecular flexibility index (Phi) is 6.73. The Bertz CT molecular complexity index is 744. The van der Waals surface area contributed by atoms with Crippen molar-refractivity contribution >= 4 is 5.91 Å². The summed E-state index contributed by atoms with van der Waals surface area (Å²) < 4.78 is 6.17. The first-order valence-corrected chi connectivity index (χ1v) is 10.1. The SMILES string of the molecule is CC(C)(C)CN1CCC(Oc2cccc(C(=O)NCCc3cn[nH]c3)c2)CC1. The normalized spacial score (nSPS) is 16.1. The molecule has 1 saturated heterocycles. The third-order valence-electron chi connectivity index (χ3n) is 4.89. The number of aromatic amines is 1. The highest BCUT2D eigenvalue weighted by molar-refractivity contribution is 5.94. The summed E-state index contributed by atoms with van der Waals surface area (Å²) >= 11 is 0. The van der Waals surface area contributed by atoms with Crippen LogP contribution in [0, 0.1) is 5.41 Å². The minimum atomic E-state index is -0.0751. The highest BCUT2D eigenvalue weighted by Crippen LogP contribution is 2.23. The van der Waals surface area contributed by atoms with Gasteiger partial charge in [-0.1, -0.05) is 26.8 Å². The van der Waals surface area contributed by atoms with E-state index in [4.69, 9.17) is 4.74 Å². The van der Waals surface area contributed by atoms with Crippen LogP contribution in [0.3, 0.4) is 0 Å². The molecule has 0 radical (unpaired) electrons. The molecule has 28 heavy (non-hydrogen) atoms. The zero-order valence-electron chi connectivity index (χ0n) is 17.2. The molecule has 0 bridgehead atoms. The van der Waals surface area contributed by atoms with Crippen LogP contribution in [0.1, 0.15) is 49.5 Å². The van der Waals surface area contributed by atoms with Crippen molar-refractivity contribution in [2.45, 2.75) is 46.1 Å². The van der Waals surface area contributed by atoms with E-state index in [0.29, 0.717) is 17.5 Å². The van der Waals surface area contributed by atoms with Crippen molar-refractivity contribution in [2.75, 3.05) is 26.2 Å². The number of carbonyl (C=O) groups is 1. The molecule has 0 spiro atoms. The molecular weight excluding hydrogens is 352 g/mol. The van der Waals surface area contributed by atoms with Crippen molar-refractivity contribution in [1.82, 2.24) is 20.4 Å². The summed E-state index contributed by atoms with van der Waals surface area (Å²) in [6, 6.07) is 7.49. The Morgan fingerprint density at radius 3 is 2.79 bits per heavy atom. The van der Waals surface area contributed by atoms with Gasteiger partial charge in [0.25, 0.3) is 5.91 Å². The van der Waals surface area contributed by atoms with E-state index < -0.39 is 0 Å². The van der Waals surface area contributed by atoms with Crippen LogP contribution in [0.5, 0.6) is 5.75 Å². The van der Waals surface area contributed by atoms with Gasteiger partial charge in [0.1, 0.15) is 11.9 Å². The zero-order chi connectivity index (χ0) is 20.0. The number of ether oxygens (including phenoxy) is 1. The summed E-state index contributed by atoms with van der Waals surface area (Å²) in [5.74, 6) is 0.700. The first-order chi connectivity index (χ1) is 13.4. The van der Waals surface area contributed by atoms with Gasteiger partial charge < -0.3 is 15.0 Å². The van der Waals surface area contributed by atoms with Crippen molar-refractivity contribution < 1.29 is 9.53 Å². The molecule has 2 heterocycles. The second-order valence-electron chi connectivity index (χ2n) is 8.79. The number of amides is 1. The summed E-state index contributed by atoms with van der Waals surface area (Å²) in [6.07, 6.45) is 6.64. The molecule has 0 atom stereocenters. The summed E-state index contributed by atoms with van der Waals surface area (Å²) in [5, 5.41) is 9.64. The number of carbonyl (C=O) groups excluding carboxylic acids is 1. The lowest BCUT2D eigenvalue weighted by Crippen LogP contribution is -2.42. The third kappa shape index (κ3) is 6.37. The van der Waals surface area contributed by atoms with Crippen molar-refractivity contribution in [3.05, 3.63) is 47.8 Å². The minimum absolute atomic E-state index is 0.0751. The molecule has 1 aliphatic heterocycles. The molecule has 1 amide bonds. The van der Waals surface area contributed by atoms with Crippen LogP contribution in [-0.2, 0) is 6.42 Å². The number of aromatic nitrogens is 2. The Labute approximate surface area is 167 Å². The predicted molar refractivity (Wildman–Crippen MR) is 111 cm³/mol. The van der Waals surface area contributed by atoms with Gasteiger partial charge in [0.05, 0.1) is 6.20 Å². The molecule has 2 aromatic rings. The van der Waals surface area contributed by atoms with E-state index in [-0.39, 0.29) is 12.0 Å². The summed E-state index contributed by atoms with van der Waals surface area (Å²) in [5.41, 5.74) is 2.04. The molecule has 0 unspecified atom stereocenters. The van der Waals surface area contributed by atoms with E-state index in [1.165, 1.54) is 0 Å². The van der Waals surface area contributed by atoms with Gasteiger partial charge in [-0.25, -0.2) is 0 Å². The molecule has 6 heteroatoms. The number of nitrogens with one attached hydrogen (secondary N) is 2. The van der Waals surface area contributed by atoms with Crippen molar-refractivity contribution in [3.63, 3.8) is 0 Å². The molecule has 0 saturated carbocycles. The quantitative estimate of drug-likeness (QED) is 0.769. The topological polar surface area (TPSA) is 70.2 Å². The summed E-state index contributed by atoms with van der Waals surface area (Å²) in [6.45, 7) is 10.7. The highest BCUT2D eigenvalue weighted by atomic mass is 16.5. The van der Waals surface area contributed by atoms with Gasteiger partial charge in [0, 0.05) is 37.9 Å². The van der Waals surface area contributed by atoms with Gasteiger partial charge in [-0.2, -0.15) is 5.10 Å². The minimum Gasteiger partial charge on any atom is -0.490 e. The van der Waals surface area contributed by atoms with Gasteiger partial charge in [0.15, 0.2) is 0 Å². The smallest absolute Gasteiger partial charge is 0.251 e. The van der Waals surface area contributed by atoms with Crippen molar-refractivity contribution in [3.8, 4) is 5.75 Å². The lowest BCUT2D eigenvalue weighted by molar-refractivity contribution is 0.0808. The van der Waals surface area contributed by atoms with Crippen LogP contribution in [0.4, 0.5) is 0 Å². The number of rotatable bonds is 7. The number of likely N-dealkylation sites (tertiary alicyclic amines) is 1. The third-order valence-corrected chi connectivity index (χ3v) is 4.89. The lowest BCUT2D eigenvalue weighted by Gasteiger charge is -2.36. The molecule has 6 nitrogen and oxygen atoms in total. The van der Waals surface area contributed by atoms with Crippen LogP contribution in [0.2, 0.25) is 0 Å². The fraction of sp³-hybridized carbons (Fsp3) is 0.545. The van der Waals surface area contributed by atoms with Crippen LogP contribution in [0.25, 0.3) is 0 Å². The number of piperidine rings is 1. The van der Waals surface area contributed by atoms with Crippen LogP contribution in [0.15, 0.2) is 36.7 Å². The molecule has 2 N–H and O–H groups in total. The maximum atomic E-state index is 12.4. The number of benzene rings is 1. The number of hydrogen-bond acceptors (Lipinski definition) is 4. The largest absolute Gasteiger partial charge is 0.490 e. The number of nitrogens with zero attached hydrogens (tertiary/aromatic N) is 2. The monoisotopic (exact) mass is 384 g/mol. The maximum Gasteiger partial charge on any atom is 0.251 e. The fourth-order valence-corrected chi connectivity index (χ4v) is 3.60. The van der Waals surface area contributed by atoms with E-state index in [0.717, 1.165) is 50.2 Å². The number of H-pyrrole nitrogens is 1. The molecule has 1 aromatic heterocycles. The maximum absolute atomic E-state index is 12.4. The molecule has 0 aliphatic carbocycles. The van der Waals surface area contributed by atoms with Crippen LogP contribution >= 0.6 is 0 Å². The van der Waals surface area contributed by atoms with E-state index in [2.05, 4.69) is 41.2 Å². The lowest BCUT2D eigenvalue weighted by atomic mass is 9.94. The fourth-order valence-electron chi connectivity index (χ4n) is 3.60. The molecule has 1 fully saturated rings. The zero-order valence-corrected chi connectivity index (χ0v) is 17.2. The summed E-state index contributed by atoms with van der Waals surface area (Å²) in [7, 11) is 0. The first-order valence-electron chi connectivity index (χ1n) is 10.1. The van der Waals surface area contributed by atoms with Gasteiger partial charge in [0.2, 0.25) is 0 Å². The Morgan fingerprint density at radius 1 is 1.32 bits per heavy atom. The molecule has 1 aromatic carbocycles. The Balaban J connectivity index is 1.46. The van der Waals surface area contributed by atoms with E-state index in [1.807, 2.05) is 30.5 Å². The molecule has 152 valence electrons. The second kappa shape index (κ2) is 9.24. The van der Waals surface area contributed by atoms with Gasteiger partial charge in [-0.05, 0) is 48.4 Å². The Morgan fingerprint density at radius 2 is 2.11 bits per heavy atom. The first kappa shape index (κ1) is 20.4. The second-order valence-corrected chi connectivity index (χ2v) is 8.79. The predicted octanol–water partition coefficient (Wildman–Crippen LogP) is 3.27. The van der Waals surface area contributed by atoms with Gasteiger partial charge in [-0.15, -0.1) is 0 Å². The average Bonchev–Trinajstić information content (AvgIpc) is 3.16. The Hall–Kier alpha value is -2.34. The van der Waals surface area contributed by atoms with E-state index >= 15 is 0 Å². The van der Waals surface area contributed by atoms with Gasteiger partial charge in [-0.3, -0.25) is 9.89 Å². The van der Waals surface area contributed by atoms with E-state index in [9.17, 15) is 4.79 Å². The molecule has 3 rings (SSSR count). The van der Waals surface area contributed by atoms with E-state index in [1.54, 1.807) is 6.20 Å². The van der Waals surface area contributed by atoms with Crippen LogP contribution < -0.4 is 10.1 Å². The number of hydrogen-bond donors (Lipinski definition) is 2. The standard InChI is InChI=1S/C22H32N4O2/c1-22(2,3)16-26-11-8-19(9-12-26)28-20-6-4-5-18(13-20)21(27)23-10-7-17-14-24-25-15-17/h4-6,13-15,19H,7-12,16H2,1-3H3,(H,23,27)(H,24,25). The highest BCUT2D eigenvalue weighted by Gasteiger charge is 2.24. The van der Waals surface area contributed by atoms with Crippen molar-refractivity contribution in [1.29, 1.82) is 0 Å². The van der Waals surface area contributed by atoms with Crippen molar-refractivity contribution in [2.24, 2.45) is 5.41 Å².